The predicted octanol–water partition coefficient (Wildman–Crippen LogP) is 3.58. The van der Waals surface area contributed by atoms with E-state index in [1.807, 2.05) is 18.7 Å². The number of halogens is 2. The van der Waals surface area contributed by atoms with Gasteiger partial charge in [-0.25, -0.2) is 4.39 Å². The van der Waals surface area contributed by atoms with Crippen LogP contribution in [0.2, 0.25) is 5.02 Å². The van der Waals surface area contributed by atoms with Crippen LogP contribution in [0.25, 0.3) is 0 Å². The zero-order chi connectivity index (χ0) is 14.6. The zero-order valence-corrected chi connectivity index (χ0v) is 12.1. The van der Waals surface area contributed by atoms with Crippen LogP contribution in [-0.4, -0.2) is 29.1 Å². The minimum absolute atomic E-state index is 0.0556. The van der Waals surface area contributed by atoms with Crippen molar-refractivity contribution in [3.63, 3.8) is 0 Å². The number of carboxylic acids is 1. The summed E-state index contributed by atoms with van der Waals surface area (Å²) >= 11 is 6.04. The maximum Gasteiger partial charge on any atom is 0.307 e. The Morgan fingerprint density at radius 3 is 2.58 bits per heavy atom. The molecule has 0 heterocycles. The van der Waals surface area contributed by atoms with Crippen LogP contribution in [0.1, 0.15) is 32.4 Å². The molecule has 0 aliphatic carbocycles. The van der Waals surface area contributed by atoms with Gasteiger partial charge in [0.25, 0.3) is 0 Å². The van der Waals surface area contributed by atoms with E-state index in [4.69, 9.17) is 16.7 Å². The van der Waals surface area contributed by atoms with Crippen LogP contribution < -0.4 is 0 Å². The van der Waals surface area contributed by atoms with Crippen LogP contribution in [0.4, 0.5) is 4.39 Å². The average Bonchev–Trinajstić information content (AvgIpc) is 2.34. The van der Waals surface area contributed by atoms with Crippen molar-refractivity contribution in [3.05, 3.63) is 34.6 Å². The van der Waals surface area contributed by atoms with E-state index in [2.05, 4.69) is 0 Å². The van der Waals surface area contributed by atoms with Crippen LogP contribution in [0.5, 0.6) is 0 Å². The van der Waals surface area contributed by atoms with Crippen molar-refractivity contribution in [2.75, 3.05) is 13.1 Å². The molecule has 3 nitrogen and oxygen atoms in total. The van der Waals surface area contributed by atoms with Crippen LogP contribution in [0.15, 0.2) is 18.2 Å². The summed E-state index contributed by atoms with van der Waals surface area (Å²) in [5.74, 6) is -1.65. The first-order valence-corrected chi connectivity index (χ1v) is 6.66. The molecular weight excluding hydrogens is 269 g/mol. The Bertz CT molecular complexity index is 453. The van der Waals surface area contributed by atoms with Crippen LogP contribution >= 0.6 is 11.6 Å². The number of hydrogen-bond donors (Lipinski definition) is 1. The smallest absolute Gasteiger partial charge is 0.307 e. The third kappa shape index (κ3) is 4.18. The molecule has 0 saturated heterocycles. The molecule has 0 bridgehead atoms. The lowest BCUT2D eigenvalue weighted by molar-refractivity contribution is -0.141. The number of carbonyl (C=O) groups is 1. The third-order valence-electron chi connectivity index (χ3n) is 3.30. The van der Waals surface area contributed by atoms with Crippen molar-refractivity contribution in [1.29, 1.82) is 0 Å². The highest BCUT2D eigenvalue weighted by Crippen LogP contribution is 2.28. The van der Waals surface area contributed by atoms with E-state index in [0.29, 0.717) is 18.1 Å². The van der Waals surface area contributed by atoms with E-state index in [0.717, 1.165) is 5.56 Å². The maximum atomic E-state index is 13.0. The lowest BCUT2D eigenvalue weighted by atomic mass is 10.0. The fourth-order valence-corrected chi connectivity index (χ4v) is 2.35. The van der Waals surface area contributed by atoms with Gasteiger partial charge in [0.15, 0.2) is 0 Å². The summed E-state index contributed by atoms with van der Waals surface area (Å²) in [5, 5.41) is 9.34. The lowest BCUT2D eigenvalue weighted by Crippen LogP contribution is -2.34. The van der Waals surface area contributed by atoms with Crippen molar-refractivity contribution in [2.45, 2.75) is 26.8 Å². The second-order valence-corrected chi connectivity index (χ2v) is 5.08. The van der Waals surface area contributed by atoms with E-state index in [1.165, 1.54) is 12.1 Å². The van der Waals surface area contributed by atoms with E-state index in [-0.39, 0.29) is 11.9 Å². The van der Waals surface area contributed by atoms with Crippen molar-refractivity contribution in [3.8, 4) is 0 Å². The van der Waals surface area contributed by atoms with Crippen LogP contribution in [0.3, 0.4) is 0 Å². The normalized spacial score (nSPS) is 14.4. The average molecular weight is 288 g/mol. The Kier molecular flexibility index (Phi) is 5.76. The summed E-state index contributed by atoms with van der Waals surface area (Å²) in [6.45, 7) is 6.71. The first-order chi connectivity index (χ1) is 8.86. The summed E-state index contributed by atoms with van der Waals surface area (Å²) in [6.07, 6.45) is 0. The van der Waals surface area contributed by atoms with Crippen molar-refractivity contribution < 1.29 is 14.3 Å². The molecule has 0 spiro atoms. The quantitative estimate of drug-likeness (QED) is 0.869. The largest absolute Gasteiger partial charge is 0.481 e. The monoisotopic (exact) mass is 287 g/mol. The molecule has 1 rings (SSSR count). The fourth-order valence-electron chi connectivity index (χ4n) is 2.03. The molecule has 0 fully saturated rings. The standard InChI is InChI=1S/C14H19ClFNO2/c1-4-17(8-9(2)14(18)19)10(3)12-6-5-11(16)7-13(12)15/h5-7,9-10H,4,8H2,1-3H3,(H,18,19). The van der Waals surface area contributed by atoms with E-state index < -0.39 is 11.9 Å². The SMILES string of the molecule is CCN(CC(C)C(=O)O)C(C)c1ccc(F)cc1Cl. The van der Waals surface area contributed by atoms with E-state index >= 15 is 0 Å². The number of benzene rings is 1. The van der Waals surface area contributed by atoms with Crippen LogP contribution in [-0.2, 0) is 4.79 Å². The topological polar surface area (TPSA) is 40.5 Å². The second-order valence-electron chi connectivity index (χ2n) is 4.67. The molecule has 5 heteroatoms. The molecule has 0 aromatic heterocycles. The molecule has 2 unspecified atom stereocenters. The summed E-state index contributed by atoms with van der Waals surface area (Å²) in [6, 6.07) is 4.24. The van der Waals surface area contributed by atoms with Gasteiger partial charge in [-0.05, 0) is 31.2 Å². The van der Waals surface area contributed by atoms with Gasteiger partial charge in [-0.3, -0.25) is 9.69 Å². The molecule has 1 aromatic rings. The highest BCUT2D eigenvalue weighted by atomic mass is 35.5. The summed E-state index contributed by atoms with van der Waals surface area (Å²) in [7, 11) is 0. The highest BCUT2D eigenvalue weighted by Gasteiger charge is 2.21. The number of hydrogen-bond acceptors (Lipinski definition) is 2. The van der Waals surface area contributed by atoms with E-state index in [1.54, 1.807) is 13.0 Å². The number of carboxylic acid groups (broad SMARTS) is 1. The van der Waals surface area contributed by atoms with E-state index in [9.17, 15) is 9.18 Å². The van der Waals surface area contributed by atoms with Gasteiger partial charge in [0, 0.05) is 17.6 Å². The number of aliphatic carboxylic acids is 1. The molecule has 2 atom stereocenters. The van der Waals surface area contributed by atoms with Gasteiger partial charge >= 0.3 is 5.97 Å². The molecule has 106 valence electrons. The van der Waals surface area contributed by atoms with Gasteiger partial charge in [0.2, 0.25) is 0 Å². The number of nitrogens with zero attached hydrogens (tertiary/aromatic N) is 1. The Balaban J connectivity index is 2.88. The van der Waals surface area contributed by atoms with Crippen molar-refractivity contribution >= 4 is 17.6 Å². The molecule has 0 amide bonds. The van der Waals surface area contributed by atoms with Crippen LogP contribution in [0, 0.1) is 11.7 Å². The van der Waals surface area contributed by atoms with Gasteiger partial charge < -0.3 is 5.11 Å². The fraction of sp³-hybridized carbons (Fsp3) is 0.500. The van der Waals surface area contributed by atoms with Gasteiger partial charge in [0.05, 0.1) is 5.92 Å². The summed E-state index contributed by atoms with van der Waals surface area (Å²) in [4.78, 5) is 12.9. The summed E-state index contributed by atoms with van der Waals surface area (Å²) in [5.41, 5.74) is 0.808. The first-order valence-electron chi connectivity index (χ1n) is 6.28. The van der Waals surface area contributed by atoms with Crippen molar-refractivity contribution in [2.24, 2.45) is 5.92 Å². The molecule has 0 radical (unpaired) electrons. The Labute approximate surface area is 118 Å². The third-order valence-corrected chi connectivity index (χ3v) is 3.62. The van der Waals surface area contributed by atoms with Gasteiger partial charge in [-0.15, -0.1) is 0 Å². The first kappa shape index (κ1) is 15.9. The lowest BCUT2D eigenvalue weighted by Gasteiger charge is -2.30. The van der Waals surface area contributed by atoms with Crippen molar-refractivity contribution in [1.82, 2.24) is 4.90 Å². The predicted molar refractivity (Wildman–Crippen MR) is 73.9 cm³/mol. The molecular formula is C14H19ClFNO2. The van der Waals surface area contributed by atoms with Gasteiger partial charge in [0.1, 0.15) is 5.82 Å². The zero-order valence-electron chi connectivity index (χ0n) is 11.4. The minimum Gasteiger partial charge on any atom is -0.481 e. The molecule has 19 heavy (non-hydrogen) atoms. The molecule has 1 aromatic carbocycles. The van der Waals surface area contributed by atoms with Gasteiger partial charge in [-0.1, -0.05) is 31.5 Å². The molecule has 0 aliphatic heterocycles. The second kappa shape index (κ2) is 6.87. The molecule has 0 saturated carbocycles. The minimum atomic E-state index is -0.823. The Morgan fingerprint density at radius 2 is 2.11 bits per heavy atom. The summed E-state index contributed by atoms with van der Waals surface area (Å²) < 4.78 is 13.0. The Hall–Kier alpha value is -1.13. The van der Waals surface area contributed by atoms with Gasteiger partial charge in [-0.2, -0.15) is 0 Å². The molecule has 0 aliphatic rings. The Morgan fingerprint density at radius 1 is 1.47 bits per heavy atom. The highest BCUT2D eigenvalue weighted by molar-refractivity contribution is 6.31. The maximum absolute atomic E-state index is 13.0. The molecule has 1 N–H and O–H groups in total. The number of rotatable bonds is 6.